The van der Waals surface area contributed by atoms with Gasteiger partial charge in [-0.3, -0.25) is 4.79 Å². The molecule has 0 bridgehead atoms. The Labute approximate surface area is 134 Å². The SMILES string of the molecule is CC(C)(C)[Si](C)(C)OC[C@]12COc3cccc(c31)CC(=O)C2. The molecule has 3 nitrogen and oxygen atoms in total. The Hall–Kier alpha value is -1.13. The molecule has 0 unspecified atom stereocenters. The maximum absolute atomic E-state index is 12.2. The Morgan fingerprint density at radius 1 is 1.32 bits per heavy atom. The third-order valence-electron chi connectivity index (χ3n) is 5.59. The molecule has 1 heterocycles. The van der Waals surface area contributed by atoms with E-state index in [9.17, 15) is 4.79 Å². The highest BCUT2D eigenvalue weighted by Gasteiger charge is 2.49. The first kappa shape index (κ1) is 15.8. The standard InChI is InChI=1S/C18H26O3Si/c1-17(2,3)22(4,5)21-12-18-10-14(19)9-13-7-6-8-15(16(13)18)20-11-18/h6-8H,9-12H2,1-5H3/t18-/m0/s1. The lowest BCUT2D eigenvalue weighted by Crippen LogP contribution is -2.47. The Bertz CT molecular complexity index is 615. The van der Waals surface area contributed by atoms with E-state index in [1.165, 1.54) is 5.56 Å². The van der Waals surface area contributed by atoms with Crippen LogP contribution in [-0.4, -0.2) is 27.3 Å². The lowest BCUT2D eigenvalue weighted by Gasteiger charge is -2.40. The van der Waals surface area contributed by atoms with Gasteiger partial charge in [-0.25, -0.2) is 0 Å². The van der Waals surface area contributed by atoms with Crippen LogP contribution in [-0.2, 0) is 21.1 Å². The second-order valence-electron chi connectivity index (χ2n) is 8.30. The molecule has 1 aromatic rings. The molecule has 0 radical (unpaired) electrons. The highest BCUT2D eigenvalue weighted by atomic mass is 28.4. The maximum Gasteiger partial charge on any atom is 0.192 e. The number of carbonyl (C=O) groups excluding carboxylic acids is 1. The van der Waals surface area contributed by atoms with Crippen LogP contribution < -0.4 is 4.74 Å². The summed E-state index contributed by atoms with van der Waals surface area (Å²) < 4.78 is 12.4. The van der Waals surface area contributed by atoms with Gasteiger partial charge < -0.3 is 9.16 Å². The van der Waals surface area contributed by atoms with Gasteiger partial charge in [0.15, 0.2) is 8.32 Å². The quantitative estimate of drug-likeness (QED) is 0.794. The molecule has 1 aliphatic carbocycles. The van der Waals surface area contributed by atoms with Crippen molar-refractivity contribution in [2.75, 3.05) is 13.2 Å². The maximum atomic E-state index is 12.2. The predicted octanol–water partition coefficient (Wildman–Crippen LogP) is 3.85. The minimum atomic E-state index is -1.84. The van der Waals surface area contributed by atoms with Crippen molar-refractivity contribution in [3.8, 4) is 5.75 Å². The molecule has 0 spiro atoms. The predicted molar refractivity (Wildman–Crippen MR) is 90.1 cm³/mol. The molecule has 0 aromatic heterocycles. The Morgan fingerprint density at radius 2 is 2.05 bits per heavy atom. The zero-order valence-corrected chi connectivity index (χ0v) is 15.3. The number of rotatable bonds is 3. The van der Waals surface area contributed by atoms with Crippen LogP contribution in [0.1, 0.15) is 38.3 Å². The van der Waals surface area contributed by atoms with Crippen molar-refractivity contribution in [2.45, 2.75) is 57.2 Å². The fourth-order valence-corrected chi connectivity index (χ4v) is 4.30. The van der Waals surface area contributed by atoms with E-state index in [0.29, 0.717) is 31.8 Å². The van der Waals surface area contributed by atoms with Crippen molar-refractivity contribution in [3.05, 3.63) is 29.3 Å². The molecule has 0 N–H and O–H groups in total. The molecule has 2 aliphatic rings. The fraction of sp³-hybridized carbons (Fsp3) is 0.611. The third kappa shape index (κ3) is 2.42. The summed E-state index contributed by atoms with van der Waals surface area (Å²) in [6, 6.07) is 6.06. The molecule has 1 atom stereocenters. The summed E-state index contributed by atoms with van der Waals surface area (Å²) in [7, 11) is -1.84. The molecule has 1 aliphatic heterocycles. The first-order valence-electron chi connectivity index (χ1n) is 8.06. The van der Waals surface area contributed by atoms with Gasteiger partial charge in [0.2, 0.25) is 0 Å². The van der Waals surface area contributed by atoms with Crippen molar-refractivity contribution in [2.24, 2.45) is 0 Å². The normalized spacial score (nSPS) is 24.1. The molecule has 0 saturated heterocycles. The van der Waals surface area contributed by atoms with Gasteiger partial charge in [-0.2, -0.15) is 0 Å². The van der Waals surface area contributed by atoms with Crippen molar-refractivity contribution < 1.29 is 14.0 Å². The van der Waals surface area contributed by atoms with Crippen LogP contribution >= 0.6 is 0 Å². The average Bonchev–Trinajstić information content (AvgIpc) is 2.76. The summed E-state index contributed by atoms with van der Waals surface area (Å²) >= 11 is 0. The van der Waals surface area contributed by atoms with Crippen LogP contribution in [0.15, 0.2) is 18.2 Å². The van der Waals surface area contributed by atoms with Crippen LogP contribution in [0.3, 0.4) is 0 Å². The molecule has 3 rings (SSSR count). The van der Waals surface area contributed by atoms with Gasteiger partial charge in [-0.15, -0.1) is 0 Å². The zero-order chi connectivity index (χ0) is 16.2. The minimum absolute atomic E-state index is 0.171. The van der Waals surface area contributed by atoms with Gasteiger partial charge in [0, 0.05) is 25.0 Å². The van der Waals surface area contributed by atoms with Crippen LogP contribution in [0.2, 0.25) is 18.1 Å². The number of hydrogen-bond donors (Lipinski definition) is 0. The molecule has 22 heavy (non-hydrogen) atoms. The highest BCUT2D eigenvalue weighted by molar-refractivity contribution is 6.74. The summed E-state index contributed by atoms with van der Waals surface area (Å²) in [5, 5.41) is 0.171. The van der Waals surface area contributed by atoms with Crippen LogP contribution in [0.5, 0.6) is 5.75 Å². The molecule has 0 fully saturated rings. The largest absolute Gasteiger partial charge is 0.492 e. The minimum Gasteiger partial charge on any atom is -0.492 e. The van der Waals surface area contributed by atoms with Gasteiger partial charge >= 0.3 is 0 Å². The van der Waals surface area contributed by atoms with Crippen molar-refractivity contribution in [1.82, 2.24) is 0 Å². The molecular weight excluding hydrogens is 292 g/mol. The lowest BCUT2D eigenvalue weighted by atomic mass is 9.71. The van der Waals surface area contributed by atoms with Crippen molar-refractivity contribution in [3.63, 3.8) is 0 Å². The van der Waals surface area contributed by atoms with E-state index in [4.69, 9.17) is 9.16 Å². The molecule has 1 aromatic carbocycles. The lowest BCUT2D eigenvalue weighted by molar-refractivity contribution is -0.120. The van der Waals surface area contributed by atoms with Crippen molar-refractivity contribution >= 4 is 14.1 Å². The summed E-state index contributed by atoms with van der Waals surface area (Å²) in [5.41, 5.74) is 2.09. The number of benzene rings is 1. The van der Waals surface area contributed by atoms with Crippen LogP contribution in [0.4, 0.5) is 0 Å². The van der Waals surface area contributed by atoms with E-state index in [-0.39, 0.29) is 10.5 Å². The zero-order valence-electron chi connectivity index (χ0n) is 14.3. The van der Waals surface area contributed by atoms with Gasteiger partial charge in [0.05, 0.1) is 5.41 Å². The van der Waals surface area contributed by atoms with E-state index in [2.05, 4.69) is 39.9 Å². The highest BCUT2D eigenvalue weighted by Crippen LogP contribution is 2.48. The number of ether oxygens (including phenoxy) is 1. The third-order valence-corrected chi connectivity index (χ3v) is 10.1. The Balaban J connectivity index is 1.92. The van der Waals surface area contributed by atoms with Crippen LogP contribution in [0.25, 0.3) is 0 Å². The monoisotopic (exact) mass is 318 g/mol. The van der Waals surface area contributed by atoms with Gasteiger partial charge in [0.25, 0.3) is 0 Å². The van der Waals surface area contributed by atoms with E-state index in [1.807, 2.05) is 12.1 Å². The molecule has 0 saturated carbocycles. The average molecular weight is 318 g/mol. The first-order chi connectivity index (χ1) is 10.1. The van der Waals surface area contributed by atoms with Gasteiger partial charge in [0.1, 0.15) is 18.1 Å². The Kier molecular flexibility index (Phi) is 3.53. The van der Waals surface area contributed by atoms with Gasteiger partial charge in [-0.05, 0) is 29.8 Å². The van der Waals surface area contributed by atoms with Crippen LogP contribution in [0, 0.1) is 0 Å². The topological polar surface area (TPSA) is 35.5 Å². The second-order valence-corrected chi connectivity index (χ2v) is 13.1. The molecule has 0 amide bonds. The number of hydrogen-bond acceptors (Lipinski definition) is 3. The summed E-state index contributed by atoms with van der Waals surface area (Å²) in [5.74, 6) is 1.25. The van der Waals surface area contributed by atoms with Crippen molar-refractivity contribution in [1.29, 1.82) is 0 Å². The van der Waals surface area contributed by atoms with E-state index >= 15 is 0 Å². The fourth-order valence-electron chi connectivity index (χ4n) is 3.23. The molecular formula is C18H26O3Si. The van der Waals surface area contributed by atoms with Gasteiger partial charge in [-0.1, -0.05) is 32.9 Å². The molecule has 120 valence electrons. The number of carbonyl (C=O) groups is 1. The van der Waals surface area contributed by atoms with E-state index < -0.39 is 8.32 Å². The van der Waals surface area contributed by atoms with E-state index in [0.717, 1.165) is 11.3 Å². The second kappa shape index (κ2) is 4.93. The Morgan fingerprint density at radius 3 is 2.73 bits per heavy atom. The first-order valence-corrected chi connectivity index (χ1v) is 11.0. The number of ketones is 1. The smallest absolute Gasteiger partial charge is 0.192 e. The van der Waals surface area contributed by atoms with E-state index in [1.54, 1.807) is 0 Å². The summed E-state index contributed by atoms with van der Waals surface area (Å²) in [6.07, 6.45) is 1.08. The number of Topliss-reactive ketones (excluding diaryl/α,β-unsaturated/α-hetero) is 1. The summed E-state index contributed by atoms with van der Waals surface area (Å²) in [4.78, 5) is 12.2. The summed E-state index contributed by atoms with van der Waals surface area (Å²) in [6.45, 7) is 12.4. The molecule has 4 heteroatoms.